The lowest BCUT2D eigenvalue weighted by atomic mass is 10.1. The molecule has 0 aliphatic carbocycles. The van der Waals surface area contributed by atoms with E-state index in [1.807, 2.05) is 6.07 Å². The van der Waals surface area contributed by atoms with Crippen molar-refractivity contribution in [1.82, 2.24) is 4.90 Å². The zero-order chi connectivity index (χ0) is 13.1. The number of hydrogen-bond donors (Lipinski definition) is 0. The van der Waals surface area contributed by atoms with E-state index in [2.05, 4.69) is 30.0 Å². The minimum atomic E-state index is 0.530. The van der Waals surface area contributed by atoms with Crippen LogP contribution in [0.25, 0.3) is 0 Å². The first-order chi connectivity index (χ1) is 8.65. The van der Waals surface area contributed by atoms with Crippen molar-refractivity contribution in [3.05, 3.63) is 29.3 Å². The largest absolute Gasteiger partial charge is 0.369 e. The minimum Gasteiger partial charge on any atom is -0.369 e. The zero-order valence-corrected chi connectivity index (χ0v) is 10.8. The molecule has 0 N–H and O–H groups in total. The average Bonchev–Trinajstić information content (AvgIpc) is 2.87. The third kappa shape index (κ3) is 2.36. The molecule has 0 radical (unpaired) electrons. The van der Waals surface area contributed by atoms with Gasteiger partial charge in [-0.3, -0.25) is 4.79 Å². The van der Waals surface area contributed by atoms with Crippen molar-refractivity contribution in [2.75, 3.05) is 32.1 Å². The van der Waals surface area contributed by atoms with Crippen LogP contribution in [0.15, 0.2) is 18.2 Å². The second-order valence-corrected chi connectivity index (χ2v) is 4.86. The van der Waals surface area contributed by atoms with E-state index in [9.17, 15) is 10.1 Å². The Kier molecular flexibility index (Phi) is 3.63. The van der Waals surface area contributed by atoms with Gasteiger partial charge >= 0.3 is 0 Å². The highest BCUT2D eigenvalue weighted by molar-refractivity contribution is 5.78. The van der Waals surface area contributed by atoms with Gasteiger partial charge in [-0.15, -0.1) is 0 Å². The van der Waals surface area contributed by atoms with Crippen LogP contribution in [0.5, 0.6) is 0 Å². The summed E-state index contributed by atoms with van der Waals surface area (Å²) >= 11 is 0. The molecule has 4 nitrogen and oxygen atoms in total. The third-order valence-corrected chi connectivity index (χ3v) is 3.51. The predicted octanol–water partition coefficient (Wildman–Crippen LogP) is 1.51. The van der Waals surface area contributed by atoms with Gasteiger partial charge in [0, 0.05) is 24.7 Å². The molecule has 1 heterocycles. The third-order valence-electron chi connectivity index (χ3n) is 3.51. The Balaban J connectivity index is 2.25. The number of nitriles is 1. The van der Waals surface area contributed by atoms with Crippen molar-refractivity contribution in [3.63, 3.8) is 0 Å². The van der Waals surface area contributed by atoms with Crippen LogP contribution in [0.2, 0.25) is 0 Å². The summed E-state index contributed by atoms with van der Waals surface area (Å²) in [5, 5.41) is 9.17. The highest BCUT2D eigenvalue weighted by atomic mass is 16.1. The SMILES string of the molecule is CN(C)C1CCN(c2ccc(C=O)cc2C#N)C1. The quantitative estimate of drug-likeness (QED) is 0.755. The Hall–Kier alpha value is -1.86. The van der Waals surface area contributed by atoms with Gasteiger partial charge in [0.15, 0.2) is 0 Å². The molecule has 0 bridgehead atoms. The van der Waals surface area contributed by atoms with Crippen LogP contribution >= 0.6 is 0 Å². The fraction of sp³-hybridized carbons (Fsp3) is 0.429. The summed E-state index contributed by atoms with van der Waals surface area (Å²) in [5.41, 5.74) is 2.07. The van der Waals surface area contributed by atoms with Crippen molar-refractivity contribution in [2.24, 2.45) is 0 Å². The Morgan fingerprint density at radius 2 is 2.28 bits per heavy atom. The van der Waals surface area contributed by atoms with Gasteiger partial charge in [-0.05, 0) is 38.7 Å². The van der Waals surface area contributed by atoms with E-state index >= 15 is 0 Å². The molecule has 2 rings (SSSR count). The molecular formula is C14H17N3O. The summed E-state index contributed by atoms with van der Waals surface area (Å²) in [4.78, 5) is 15.2. The van der Waals surface area contributed by atoms with Crippen LogP contribution in [0.4, 0.5) is 5.69 Å². The lowest BCUT2D eigenvalue weighted by molar-refractivity contribution is 0.112. The molecule has 1 aromatic carbocycles. The van der Waals surface area contributed by atoms with Gasteiger partial charge in [0.1, 0.15) is 12.4 Å². The maximum absolute atomic E-state index is 10.7. The molecule has 94 valence electrons. The van der Waals surface area contributed by atoms with Crippen LogP contribution in [-0.4, -0.2) is 44.4 Å². The number of benzene rings is 1. The van der Waals surface area contributed by atoms with Gasteiger partial charge in [0.2, 0.25) is 0 Å². The number of likely N-dealkylation sites (N-methyl/N-ethyl adjacent to an activating group) is 1. The van der Waals surface area contributed by atoms with E-state index in [0.29, 0.717) is 17.2 Å². The number of carbonyl (C=O) groups excluding carboxylic acids is 1. The normalized spacial score (nSPS) is 19.0. The first-order valence-corrected chi connectivity index (χ1v) is 6.06. The summed E-state index contributed by atoms with van der Waals surface area (Å²) in [5.74, 6) is 0. The Morgan fingerprint density at radius 3 is 2.83 bits per heavy atom. The van der Waals surface area contributed by atoms with E-state index in [-0.39, 0.29) is 0 Å². The highest BCUT2D eigenvalue weighted by Crippen LogP contribution is 2.26. The molecule has 1 fully saturated rings. The fourth-order valence-corrected chi connectivity index (χ4v) is 2.37. The second kappa shape index (κ2) is 5.19. The Morgan fingerprint density at radius 1 is 1.50 bits per heavy atom. The molecular weight excluding hydrogens is 226 g/mol. The summed E-state index contributed by atoms with van der Waals surface area (Å²) in [6.45, 7) is 1.89. The van der Waals surface area contributed by atoms with E-state index in [1.54, 1.807) is 12.1 Å². The molecule has 1 unspecified atom stereocenters. The van der Waals surface area contributed by atoms with Crippen LogP contribution in [0, 0.1) is 11.3 Å². The number of carbonyl (C=O) groups is 1. The number of anilines is 1. The first-order valence-electron chi connectivity index (χ1n) is 6.06. The lowest BCUT2D eigenvalue weighted by Crippen LogP contribution is -2.31. The van der Waals surface area contributed by atoms with Crippen molar-refractivity contribution in [1.29, 1.82) is 5.26 Å². The van der Waals surface area contributed by atoms with Gasteiger partial charge in [-0.25, -0.2) is 0 Å². The molecule has 0 amide bonds. The van der Waals surface area contributed by atoms with Crippen LogP contribution in [0.3, 0.4) is 0 Å². The topological polar surface area (TPSA) is 47.3 Å². The van der Waals surface area contributed by atoms with E-state index < -0.39 is 0 Å². The van der Waals surface area contributed by atoms with Gasteiger partial charge in [0.05, 0.1) is 11.3 Å². The molecule has 0 spiro atoms. The average molecular weight is 243 g/mol. The smallest absolute Gasteiger partial charge is 0.150 e. The van der Waals surface area contributed by atoms with E-state index in [1.165, 1.54) is 0 Å². The van der Waals surface area contributed by atoms with Crippen molar-refractivity contribution < 1.29 is 4.79 Å². The lowest BCUT2D eigenvalue weighted by Gasteiger charge is -2.22. The molecule has 1 atom stereocenters. The maximum Gasteiger partial charge on any atom is 0.150 e. The highest BCUT2D eigenvalue weighted by Gasteiger charge is 2.25. The summed E-state index contributed by atoms with van der Waals surface area (Å²) < 4.78 is 0. The second-order valence-electron chi connectivity index (χ2n) is 4.86. The van der Waals surface area contributed by atoms with Crippen molar-refractivity contribution in [3.8, 4) is 6.07 Å². The predicted molar refractivity (Wildman–Crippen MR) is 70.8 cm³/mol. The molecule has 1 aliphatic rings. The molecule has 0 aromatic heterocycles. The number of hydrogen-bond acceptors (Lipinski definition) is 4. The number of nitrogens with zero attached hydrogens (tertiary/aromatic N) is 3. The molecule has 18 heavy (non-hydrogen) atoms. The zero-order valence-electron chi connectivity index (χ0n) is 10.8. The van der Waals surface area contributed by atoms with E-state index in [0.717, 1.165) is 31.5 Å². The molecule has 4 heteroatoms. The summed E-state index contributed by atoms with van der Waals surface area (Å²) in [7, 11) is 4.16. The van der Waals surface area contributed by atoms with Crippen LogP contribution < -0.4 is 4.90 Å². The Bertz CT molecular complexity index is 490. The fourth-order valence-electron chi connectivity index (χ4n) is 2.37. The van der Waals surface area contributed by atoms with E-state index in [4.69, 9.17) is 0 Å². The Labute approximate surface area is 107 Å². The number of rotatable bonds is 3. The number of aldehydes is 1. The molecule has 1 aromatic rings. The van der Waals surface area contributed by atoms with Crippen molar-refractivity contribution >= 4 is 12.0 Å². The first kappa shape index (κ1) is 12.6. The van der Waals surface area contributed by atoms with Crippen LogP contribution in [-0.2, 0) is 0 Å². The molecule has 0 saturated carbocycles. The maximum atomic E-state index is 10.7. The van der Waals surface area contributed by atoms with Gasteiger partial charge in [-0.2, -0.15) is 5.26 Å². The van der Waals surface area contributed by atoms with Crippen molar-refractivity contribution in [2.45, 2.75) is 12.5 Å². The van der Waals surface area contributed by atoms with Gasteiger partial charge in [-0.1, -0.05) is 0 Å². The monoisotopic (exact) mass is 243 g/mol. The van der Waals surface area contributed by atoms with Gasteiger partial charge < -0.3 is 9.80 Å². The molecule has 1 aliphatic heterocycles. The summed E-state index contributed by atoms with van der Waals surface area (Å²) in [6.07, 6.45) is 1.88. The molecule has 1 saturated heterocycles. The minimum absolute atomic E-state index is 0.530. The standard InChI is InChI=1S/C14H17N3O/c1-16(2)13-5-6-17(9-13)14-4-3-11(10-18)7-12(14)8-15/h3-4,7,10,13H,5-6,9H2,1-2H3. The summed E-state index contributed by atoms with van der Waals surface area (Å²) in [6, 6.07) is 8.01. The van der Waals surface area contributed by atoms with Gasteiger partial charge in [0.25, 0.3) is 0 Å². The van der Waals surface area contributed by atoms with Crippen LogP contribution in [0.1, 0.15) is 22.3 Å².